The summed E-state index contributed by atoms with van der Waals surface area (Å²) in [6, 6.07) is 28.8. The third-order valence-corrected chi connectivity index (χ3v) is 6.10. The van der Waals surface area contributed by atoms with Crippen LogP contribution in [0.4, 0.5) is 4.79 Å². The molecule has 5 nitrogen and oxygen atoms in total. The molecule has 0 radical (unpaired) electrons. The highest BCUT2D eigenvalue weighted by Gasteiger charge is 2.52. The Morgan fingerprint density at radius 3 is 2.10 bits per heavy atom. The van der Waals surface area contributed by atoms with Crippen LogP contribution in [-0.4, -0.2) is 28.4 Å². The van der Waals surface area contributed by atoms with Crippen LogP contribution in [0.25, 0.3) is 0 Å². The summed E-state index contributed by atoms with van der Waals surface area (Å²) in [4.78, 5) is 31.9. The zero-order valence-corrected chi connectivity index (χ0v) is 17.1. The fourth-order valence-electron chi connectivity index (χ4n) is 3.28. The smallest absolute Gasteiger partial charge is 0.442 e. The fraction of sp³-hybridized carbons (Fsp3) is 0.167. The molecule has 0 aromatic heterocycles. The molecule has 3 aromatic carbocycles. The molecule has 3 aromatic rings. The normalized spacial score (nSPS) is 18.1. The summed E-state index contributed by atoms with van der Waals surface area (Å²) in [5.41, 5.74) is 1.86. The van der Waals surface area contributed by atoms with Crippen LogP contribution >= 0.6 is 11.8 Å². The van der Waals surface area contributed by atoms with Crippen LogP contribution in [0, 0.1) is 0 Å². The van der Waals surface area contributed by atoms with Gasteiger partial charge in [0.25, 0.3) is 0 Å². The van der Waals surface area contributed by atoms with Gasteiger partial charge in [0.1, 0.15) is 11.4 Å². The molecule has 0 bridgehead atoms. The van der Waals surface area contributed by atoms with Gasteiger partial charge in [0, 0.05) is 11.3 Å². The molecule has 1 amide bonds. The lowest BCUT2D eigenvalue weighted by Crippen LogP contribution is -2.38. The zero-order valence-electron chi connectivity index (χ0n) is 16.3. The lowest BCUT2D eigenvalue weighted by Gasteiger charge is -2.23. The molecular formula is C24H21NO4S. The second kappa shape index (κ2) is 9.05. The quantitative estimate of drug-likeness (QED) is 0.571. The summed E-state index contributed by atoms with van der Waals surface area (Å²) in [6.45, 7) is 0.221. The number of benzene rings is 3. The summed E-state index contributed by atoms with van der Waals surface area (Å²) in [5, 5.41) is 1.03. The van der Waals surface area contributed by atoms with Crippen LogP contribution in [0.3, 0.4) is 0 Å². The highest BCUT2D eigenvalue weighted by atomic mass is 32.2. The number of hydroxylamine groups is 2. The van der Waals surface area contributed by atoms with Crippen molar-refractivity contribution in [3.05, 3.63) is 102 Å². The van der Waals surface area contributed by atoms with Crippen molar-refractivity contribution in [2.75, 3.05) is 6.54 Å². The second-order valence-corrected chi connectivity index (χ2v) is 8.48. The van der Waals surface area contributed by atoms with Gasteiger partial charge in [-0.15, -0.1) is 16.8 Å². The van der Waals surface area contributed by atoms with Gasteiger partial charge in [-0.25, -0.2) is 9.59 Å². The summed E-state index contributed by atoms with van der Waals surface area (Å²) < 4.78 is 4.40. The molecule has 6 heteroatoms. The predicted molar refractivity (Wildman–Crippen MR) is 115 cm³/mol. The molecule has 0 aliphatic carbocycles. The van der Waals surface area contributed by atoms with E-state index in [-0.39, 0.29) is 13.2 Å². The van der Waals surface area contributed by atoms with Crippen LogP contribution in [-0.2, 0) is 27.4 Å². The largest absolute Gasteiger partial charge is 0.443 e. The van der Waals surface area contributed by atoms with E-state index in [0.29, 0.717) is 6.42 Å². The van der Waals surface area contributed by atoms with E-state index in [0.717, 1.165) is 21.1 Å². The van der Waals surface area contributed by atoms with Crippen LogP contribution in [0.2, 0.25) is 0 Å². The van der Waals surface area contributed by atoms with Gasteiger partial charge in [0.15, 0.2) is 0 Å². The molecule has 0 N–H and O–H groups in total. The van der Waals surface area contributed by atoms with E-state index in [4.69, 9.17) is 9.57 Å². The van der Waals surface area contributed by atoms with E-state index < -0.39 is 16.8 Å². The highest BCUT2D eigenvalue weighted by Crippen LogP contribution is 2.41. The van der Waals surface area contributed by atoms with Crippen molar-refractivity contribution in [3.8, 4) is 0 Å². The van der Waals surface area contributed by atoms with Crippen molar-refractivity contribution in [1.82, 2.24) is 5.06 Å². The van der Waals surface area contributed by atoms with E-state index in [9.17, 15) is 9.59 Å². The summed E-state index contributed by atoms with van der Waals surface area (Å²) in [7, 11) is 0. The first-order valence-corrected chi connectivity index (χ1v) is 10.4. The van der Waals surface area contributed by atoms with E-state index in [2.05, 4.69) is 0 Å². The van der Waals surface area contributed by atoms with E-state index in [1.54, 1.807) is 0 Å². The van der Waals surface area contributed by atoms with Crippen LogP contribution in [0.15, 0.2) is 95.9 Å². The summed E-state index contributed by atoms with van der Waals surface area (Å²) >= 11 is 1.41. The molecule has 30 heavy (non-hydrogen) atoms. The van der Waals surface area contributed by atoms with E-state index >= 15 is 0 Å². The molecule has 1 heterocycles. The molecule has 1 fully saturated rings. The first-order chi connectivity index (χ1) is 14.6. The van der Waals surface area contributed by atoms with Crippen molar-refractivity contribution in [3.63, 3.8) is 0 Å². The molecule has 1 saturated heterocycles. The van der Waals surface area contributed by atoms with Gasteiger partial charge in [0.2, 0.25) is 0 Å². The molecule has 1 atom stereocenters. The average molecular weight is 420 g/mol. The van der Waals surface area contributed by atoms with E-state index in [1.807, 2.05) is 91.0 Å². The highest BCUT2D eigenvalue weighted by molar-refractivity contribution is 8.01. The number of ether oxygens (including phenoxy) is 1. The first kappa shape index (κ1) is 20.0. The second-order valence-electron chi connectivity index (χ2n) is 7.03. The molecule has 152 valence electrons. The maximum atomic E-state index is 13.0. The topological polar surface area (TPSA) is 55.8 Å². The zero-order chi connectivity index (χ0) is 20.8. The number of rotatable bonds is 6. The van der Waals surface area contributed by atoms with Crippen molar-refractivity contribution in [1.29, 1.82) is 0 Å². The van der Waals surface area contributed by atoms with Gasteiger partial charge in [0.05, 0.1) is 6.54 Å². The monoisotopic (exact) mass is 419 g/mol. The molecular weight excluding hydrogens is 398 g/mol. The Balaban J connectivity index is 1.52. The summed E-state index contributed by atoms with van der Waals surface area (Å²) in [6.07, 6.45) is -0.231. The molecule has 0 spiro atoms. The van der Waals surface area contributed by atoms with Gasteiger partial charge in [-0.1, -0.05) is 78.9 Å². The van der Waals surface area contributed by atoms with Gasteiger partial charge in [-0.05, 0) is 23.3 Å². The number of carbonyl (C=O) groups excluding carboxylic acids is 2. The summed E-state index contributed by atoms with van der Waals surface area (Å²) in [5.74, 6) is -0.447. The number of nitrogens with zero attached hydrogens (tertiary/aromatic N) is 1. The number of carbonyl (C=O) groups is 2. The Kier molecular flexibility index (Phi) is 6.05. The Hall–Kier alpha value is -3.25. The van der Waals surface area contributed by atoms with Crippen molar-refractivity contribution in [2.24, 2.45) is 0 Å². The third kappa shape index (κ3) is 4.66. The predicted octanol–water partition coefficient (Wildman–Crippen LogP) is 4.87. The minimum Gasteiger partial charge on any atom is -0.442 e. The minimum atomic E-state index is -0.950. The van der Waals surface area contributed by atoms with Gasteiger partial charge >= 0.3 is 12.1 Å². The Labute approximate surface area is 179 Å². The molecule has 1 aliphatic heterocycles. The minimum absolute atomic E-state index is 0.105. The number of hydrogen-bond donors (Lipinski definition) is 0. The van der Waals surface area contributed by atoms with Crippen molar-refractivity contribution in [2.45, 2.75) is 22.7 Å². The fourth-order valence-corrected chi connectivity index (χ4v) is 4.57. The number of hydrogen-bond acceptors (Lipinski definition) is 5. The lowest BCUT2D eigenvalue weighted by atomic mass is 9.99. The molecule has 0 unspecified atom stereocenters. The maximum absolute atomic E-state index is 13.0. The van der Waals surface area contributed by atoms with Gasteiger partial charge in [-0.2, -0.15) is 0 Å². The van der Waals surface area contributed by atoms with Gasteiger partial charge < -0.3 is 9.57 Å². The molecule has 4 rings (SSSR count). The van der Waals surface area contributed by atoms with Crippen molar-refractivity contribution < 1.29 is 19.2 Å². The number of amides is 1. The maximum Gasteiger partial charge on any atom is 0.443 e. The van der Waals surface area contributed by atoms with E-state index in [1.165, 1.54) is 11.8 Å². The van der Waals surface area contributed by atoms with Crippen LogP contribution in [0.5, 0.6) is 0 Å². The van der Waals surface area contributed by atoms with Crippen LogP contribution < -0.4 is 0 Å². The Morgan fingerprint density at radius 2 is 1.47 bits per heavy atom. The van der Waals surface area contributed by atoms with Crippen LogP contribution in [0.1, 0.15) is 11.1 Å². The first-order valence-electron chi connectivity index (χ1n) is 9.63. The SMILES string of the molecule is O=C(OCc1ccccc1)N1C[C@](Cc2ccccc2)(Sc2ccccc2)C(=O)O1. The Morgan fingerprint density at radius 1 is 0.900 bits per heavy atom. The molecule has 0 saturated carbocycles. The number of thioether (sulfide) groups is 1. The van der Waals surface area contributed by atoms with Crippen molar-refractivity contribution >= 4 is 23.8 Å². The third-order valence-electron chi connectivity index (χ3n) is 4.76. The molecule has 1 aliphatic rings. The standard InChI is InChI=1S/C24H21NO4S/c26-22-24(16-19-10-4-1-5-11-19,30-21-14-8-3-9-15-21)18-25(29-22)23(27)28-17-20-12-6-2-7-13-20/h1-15H,16-18H2/t24-/m0/s1. The lowest BCUT2D eigenvalue weighted by molar-refractivity contribution is -0.164. The van der Waals surface area contributed by atoms with Gasteiger partial charge in [-0.3, -0.25) is 0 Å². The average Bonchev–Trinajstić information content (AvgIpc) is 3.10. The Bertz CT molecular complexity index is 954.